The normalized spacial score (nSPS) is 13.9. The number of hydrogen-bond acceptors (Lipinski definition) is 7. The molecule has 0 aromatic rings. The number of phosphoric ester groups is 1. The lowest BCUT2D eigenvalue weighted by Gasteiger charge is -2.15. The van der Waals surface area contributed by atoms with Crippen LogP contribution in [0, 0.1) is 0 Å². The van der Waals surface area contributed by atoms with Crippen LogP contribution < -0.4 is 5.32 Å². The molecule has 0 spiro atoms. The molecule has 3 N–H and O–H groups in total. The van der Waals surface area contributed by atoms with Crippen molar-refractivity contribution >= 4 is 19.7 Å². The van der Waals surface area contributed by atoms with Gasteiger partial charge in [-0.25, -0.2) is 4.57 Å². The van der Waals surface area contributed by atoms with Gasteiger partial charge in [0.05, 0.1) is 13.2 Å². The molecule has 246 valence electrons. The summed E-state index contributed by atoms with van der Waals surface area (Å²) in [4.78, 5) is 33.5. The molecule has 0 radical (unpaired) electrons. The van der Waals surface area contributed by atoms with Gasteiger partial charge in [-0.05, 0) is 38.5 Å². The molecule has 0 saturated carbocycles. The summed E-state index contributed by atoms with van der Waals surface area (Å²) >= 11 is 0. The van der Waals surface area contributed by atoms with Gasteiger partial charge in [0.15, 0.2) is 0 Å². The van der Waals surface area contributed by atoms with Crippen LogP contribution in [0.15, 0.2) is 24.3 Å². The van der Waals surface area contributed by atoms with Gasteiger partial charge in [0.1, 0.15) is 12.7 Å². The van der Waals surface area contributed by atoms with E-state index in [2.05, 4.69) is 43.5 Å². The van der Waals surface area contributed by atoms with Crippen LogP contribution in [-0.4, -0.2) is 54.3 Å². The Morgan fingerprint density at radius 1 is 0.738 bits per heavy atom. The van der Waals surface area contributed by atoms with Crippen molar-refractivity contribution in [2.75, 3.05) is 26.4 Å². The predicted octanol–water partition coefficient (Wildman–Crippen LogP) is 7.70. The molecule has 0 rings (SSSR count). The zero-order valence-corrected chi connectivity index (χ0v) is 27.3. The number of ether oxygens (including phenoxy) is 1. The van der Waals surface area contributed by atoms with Crippen LogP contribution in [0.4, 0.5) is 0 Å². The first kappa shape index (κ1) is 40.5. The van der Waals surface area contributed by atoms with Crippen molar-refractivity contribution in [3.8, 4) is 0 Å². The Balaban J connectivity index is 3.67. The van der Waals surface area contributed by atoms with Crippen molar-refractivity contribution in [3.63, 3.8) is 0 Å². The van der Waals surface area contributed by atoms with Crippen LogP contribution in [-0.2, 0) is 27.9 Å². The quantitative estimate of drug-likeness (QED) is 0.0323. The number of esters is 1. The number of hydrogen-bond donors (Lipinski definition) is 3. The lowest BCUT2D eigenvalue weighted by Crippen LogP contribution is -2.27. The van der Waals surface area contributed by atoms with E-state index in [0.717, 1.165) is 64.2 Å². The van der Waals surface area contributed by atoms with Gasteiger partial charge in [-0.3, -0.25) is 18.6 Å². The van der Waals surface area contributed by atoms with Gasteiger partial charge in [0, 0.05) is 19.4 Å². The van der Waals surface area contributed by atoms with E-state index in [0.29, 0.717) is 6.42 Å². The fraction of sp³-hybridized carbons (Fsp3) is 0.812. The van der Waals surface area contributed by atoms with E-state index < -0.39 is 26.5 Å². The molecule has 0 fully saturated rings. The highest BCUT2D eigenvalue weighted by atomic mass is 31.2. The second-order valence-electron chi connectivity index (χ2n) is 10.8. The molecular weight excluding hydrogens is 557 g/mol. The lowest BCUT2D eigenvalue weighted by molar-refractivity contribution is -0.147. The van der Waals surface area contributed by atoms with Gasteiger partial charge in [-0.15, -0.1) is 0 Å². The third-order valence-corrected chi connectivity index (χ3v) is 7.62. The van der Waals surface area contributed by atoms with Gasteiger partial charge >= 0.3 is 13.8 Å². The Morgan fingerprint density at radius 2 is 1.31 bits per heavy atom. The molecule has 0 aliphatic carbocycles. The monoisotopic (exact) mass is 617 g/mol. The molecule has 0 saturated heterocycles. The summed E-state index contributed by atoms with van der Waals surface area (Å²) in [6.45, 7) is 3.41. The smallest absolute Gasteiger partial charge is 0.463 e. The van der Waals surface area contributed by atoms with E-state index in [-0.39, 0.29) is 32.1 Å². The third-order valence-electron chi connectivity index (χ3n) is 6.63. The molecule has 0 bridgehead atoms. The minimum Gasteiger partial charge on any atom is -0.463 e. The van der Waals surface area contributed by atoms with Crippen molar-refractivity contribution < 1.29 is 37.9 Å². The Bertz CT molecular complexity index is 759. The molecular formula is C32H60NO8P. The lowest BCUT2D eigenvalue weighted by atomic mass is 10.1. The zero-order chi connectivity index (χ0) is 31.2. The number of aliphatic hydroxyl groups is 1. The minimum atomic E-state index is -4.40. The largest absolute Gasteiger partial charge is 0.472 e. The number of phosphoric acid groups is 1. The number of unbranched alkanes of at least 4 members (excludes halogenated alkanes) is 13. The first-order valence-electron chi connectivity index (χ1n) is 16.3. The van der Waals surface area contributed by atoms with Gasteiger partial charge in [-0.1, -0.05) is 109 Å². The number of rotatable bonds is 30. The van der Waals surface area contributed by atoms with E-state index in [9.17, 15) is 24.2 Å². The van der Waals surface area contributed by atoms with Crippen molar-refractivity contribution in [1.29, 1.82) is 0 Å². The molecule has 10 heteroatoms. The highest BCUT2D eigenvalue weighted by Crippen LogP contribution is 2.42. The summed E-state index contributed by atoms with van der Waals surface area (Å²) < 4.78 is 26.5. The highest BCUT2D eigenvalue weighted by Gasteiger charge is 2.23. The maximum Gasteiger partial charge on any atom is 0.472 e. The topological polar surface area (TPSA) is 131 Å². The van der Waals surface area contributed by atoms with E-state index in [1.165, 1.54) is 44.9 Å². The fourth-order valence-corrected chi connectivity index (χ4v) is 4.86. The molecule has 0 aliphatic heterocycles. The van der Waals surface area contributed by atoms with E-state index in [4.69, 9.17) is 13.8 Å². The van der Waals surface area contributed by atoms with E-state index in [1.807, 2.05) is 0 Å². The van der Waals surface area contributed by atoms with Gasteiger partial charge in [-0.2, -0.15) is 0 Å². The van der Waals surface area contributed by atoms with Gasteiger partial charge in [0.25, 0.3) is 0 Å². The Kier molecular flexibility index (Phi) is 28.5. The Morgan fingerprint density at radius 3 is 1.98 bits per heavy atom. The third kappa shape index (κ3) is 30.0. The first-order valence-corrected chi connectivity index (χ1v) is 17.8. The summed E-state index contributed by atoms with van der Waals surface area (Å²) in [5, 5.41) is 12.5. The van der Waals surface area contributed by atoms with Gasteiger partial charge in [0.2, 0.25) is 5.91 Å². The summed E-state index contributed by atoms with van der Waals surface area (Å²) in [5.74, 6) is -0.540. The number of allylic oxidation sites excluding steroid dienone is 4. The van der Waals surface area contributed by atoms with Crippen molar-refractivity contribution in [2.45, 2.75) is 142 Å². The SMILES string of the molecule is CCCC/C=C\C/C=C\CCCCCCCC(=O)NCCOP(=O)(O)OCC(O)COC(=O)CCCCCCCCC. The number of carbonyl (C=O) groups is 2. The number of aliphatic hydroxyl groups excluding tert-OH is 1. The average Bonchev–Trinajstić information content (AvgIpc) is 2.97. The molecule has 1 amide bonds. The second-order valence-corrected chi connectivity index (χ2v) is 12.2. The van der Waals surface area contributed by atoms with Crippen molar-refractivity contribution in [1.82, 2.24) is 5.32 Å². The van der Waals surface area contributed by atoms with Crippen LogP contribution >= 0.6 is 7.82 Å². The van der Waals surface area contributed by atoms with Crippen molar-refractivity contribution in [2.24, 2.45) is 0 Å². The van der Waals surface area contributed by atoms with Crippen LogP contribution in [0.3, 0.4) is 0 Å². The summed E-state index contributed by atoms with van der Waals surface area (Å²) in [7, 11) is -4.40. The van der Waals surface area contributed by atoms with E-state index >= 15 is 0 Å². The molecule has 2 unspecified atom stereocenters. The number of nitrogens with one attached hydrogen (secondary N) is 1. The van der Waals surface area contributed by atoms with Crippen molar-refractivity contribution in [3.05, 3.63) is 24.3 Å². The number of carbonyl (C=O) groups excluding carboxylic acids is 2. The highest BCUT2D eigenvalue weighted by molar-refractivity contribution is 7.47. The zero-order valence-electron chi connectivity index (χ0n) is 26.4. The average molecular weight is 618 g/mol. The Labute approximate surface area is 255 Å². The summed E-state index contributed by atoms with van der Waals surface area (Å²) in [5.41, 5.74) is 0. The summed E-state index contributed by atoms with van der Waals surface area (Å²) in [6.07, 6.45) is 27.0. The molecule has 0 heterocycles. The van der Waals surface area contributed by atoms with Crippen LogP contribution in [0.1, 0.15) is 136 Å². The minimum absolute atomic E-state index is 0.0750. The Hall–Kier alpha value is -1.51. The molecule has 9 nitrogen and oxygen atoms in total. The van der Waals surface area contributed by atoms with Crippen LogP contribution in [0.5, 0.6) is 0 Å². The molecule has 42 heavy (non-hydrogen) atoms. The molecule has 0 aromatic carbocycles. The maximum absolute atomic E-state index is 12.0. The molecule has 0 aromatic heterocycles. The summed E-state index contributed by atoms with van der Waals surface area (Å²) in [6, 6.07) is 0. The van der Waals surface area contributed by atoms with Crippen LogP contribution in [0.2, 0.25) is 0 Å². The standard InChI is InChI=1S/C32H60NO8P/c1-3-5-7-9-11-12-13-14-15-16-17-19-20-22-24-31(35)33-26-27-40-42(37,38)41-29-30(34)28-39-32(36)25-23-21-18-10-8-6-4-2/h9,11,13-14,30,34H,3-8,10,12,15-29H2,1-2H3,(H,33,35)(H,37,38)/b11-9-,14-13-. The number of amides is 1. The fourth-order valence-electron chi connectivity index (χ4n) is 4.10. The van der Waals surface area contributed by atoms with Gasteiger partial charge < -0.3 is 20.1 Å². The molecule has 0 aliphatic rings. The first-order chi connectivity index (χ1) is 20.3. The predicted molar refractivity (Wildman–Crippen MR) is 169 cm³/mol. The van der Waals surface area contributed by atoms with E-state index in [1.54, 1.807) is 0 Å². The van der Waals surface area contributed by atoms with Crippen LogP contribution in [0.25, 0.3) is 0 Å². The second kappa shape index (κ2) is 29.6. The molecule has 2 atom stereocenters. The maximum atomic E-state index is 12.0.